The summed E-state index contributed by atoms with van der Waals surface area (Å²) in [5.41, 5.74) is 0. The van der Waals surface area contributed by atoms with Crippen LogP contribution in [-0.2, 0) is 0 Å². The molecule has 2 atom stereocenters. The minimum Gasteiger partial charge on any atom is -0.0883 e. The number of rotatable bonds is 10. The van der Waals surface area contributed by atoms with E-state index in [-0.39, 0.29) is 0 Å². The quantitative estimate of drug-likeness (QED) is 0.316. The maximum absolute atomic E-state index is 2.41. The molecule has 0 aliphatic rings. The molecule has 16 heavy (non-hydrogen) atoms. The fourth-order valence-electron chi connectivity index (χ4n) is 2.13. The molecule has 0 amide bonds. The van der Waals surface area contributed by atoms with Gasteiger partial charge in [0.25, 0.3) is 0 Å². The summed E-state index contributed by atoms with van der Waals surface area (Å²) < 4.78 is 0. The highest BCUT2D eigenvalue weighted by Gasteiger charge is 1.99. The van der Waals surface area contributed by atoms with Crippen molar-refractivity contribution in [2.24, 2.45) is 11.8 Å². The van der Waals surface area contributed by atoms with E-state index in [4.69, 9.17) is 0 Å². The molecule has 0 aliphatic heterocycles. The first kappa shape index (κ1) is 15.7. The molecule has 0 heterocycles. The van der Waals surface area contributed by atoms with Crippen LogP contribution in [0.4, 0.5) is 0 Å². The molecule has 0 aliphatic carbocycles. The molecule has 0 bridgehead atoms. The Kier molecular flexibility index (Phi) is 11.0. The Bertz CT molecular complexity index is 157. The van der Waals surface area contributed by atoms with E-state index in [1.165, 1.54) is 51.4 Å². The van der Waals surface area contributed by atoms with Gasteiger partial charge in [-0.15, -0.1) is 0 Å². The molecule has 0 nitrogen and oxygen atoms in total. The van der Waals surface area contributed by atoms with Crippen molar-refractivity contribution in [1.82, 2.24) is 0 Å². The second kappa shape index (κ2) is 11.2. The Morgan fingerprint density at radius 2 is 1.31 bits per heavy atom. The third-order valence-electron chi connectivity index (χ3n) is 3.33. The van der Waals surface area contributed by atoms with Gasteiger partial charge in [0.15, 0.2) is 0 Å². The van der Waals surface area contributed by atoms with Gasteiger partial charge in [0.05, 0.1) is 0 Å². The average molecular weight is 224 g/mol. The second-order valence-corrected chi connectivity index (χ2v) is 5.44. The van der Waals surface area contributed by atoms with Gasteiger partial charge < -0.3 is 0 Å². The van der Waals surface area contributed by atoms with Gasteiger partial charge >= 0.3 is 0 Å². The highest BCUT2D eigenvalue weighted by molar-refractivity contribution is 4.84. The van der Waals surface area contributed by atoms with Crippen molar-refractivity contribution in [3.8, 4) is 0 Å². The van der Waals surface area contributed by atoms with Gasteiger partial charge in [-0.3, -0.25) is 0 Å². The van der Waals surface area contributed by atoms with Crippen LogP contribution in [0.3, 0.4) is 0 Å². The molecule has 0 saturated carbocycles. The Morgan fingerprint density at radius 3 is 1.81 bits per heavy atom. The summed E-state index contributed by atoms with van der Waals surface area (Å²) in [5, 5.41) is 0. The van der Waals surface area contributed by atoms with Crippen LogP contribution in [0.1, 0.15) is 79.1 Å². The minimum atomic E-state index is 0.872. The third-order valence-corrected chi connectivity index (χ3v) is 3.33. The van der Waals surface area contributed by atoms with Gasteiger partial charge in [-0.1, -0.05) is 78.4 Å². The van der Waals surface area contributed by atoms with Crippen molar-refractivity contribution in [2.75, 3.05) is 0 Å². The fourth-order valence-corrected chi connectivity index (χ4v) is 2.13. The fraction of sp³-hybridized carbons (Fsp3) is 0.875. The molecule has 96 valence electrons. The number of allylic oxidation sites excluding steroid dienone is 2. The molecule has 0 rings (SSSR count). The van der Waals surface area contributed by atoms with E-state index in [0.29, 0.717) is 0 Å². The Labute approximate surface area is 104 Å². The van der Waals surface area contributed by atoms with Crippen molar-refractivity contribution < 1.29 is 0 Å². The molecule has 2 unspecified atom stereocenters. The lowest BCUT2D eigenvalue weighted by Gasteiger charge is -2.08. The normalized spacial score (nSPS) is 15.5. The maximum atomic E-state index is 2.41. The third kappa shape index (κ3) is 10.3. The van der Waals surface area contributed by atoms with Crippen molar-refractivity contribution in [3.63, 3.8) is 0 Å². The molecule has 0 N–H and O–H groups in total. The van der Waals surface area contributed by atoms with Gasteiger partial charge in [-0.2, -0.15) is 0 Å². The van der Waals surface area contributed by atoms with Gasteiger partial charge in [0.2, 0.25) is 0 Å². The number of hydrogen-bond donors (Lipinski definition) is 0. The van der Waals surface area contributed by atoms with E-state index in [1.54, 1.807) is 0 Å². The van der Waals surface area contributed by atoms with Crippen molar-refractivity contribution in [3.05, 3.63) is 12.2 Å². The van der Waals surface area contributed by atoms with Crippen LogP contribution < -0.4 is 0 Å². The Morgan fingerprint density at radius 1 is 0.750 bits per heavy atom. The topological polar surface area (TPSA) is 0 Å². The highest BCUT2D eigenvalue weighted by atomic mass is 14.1. The lowest BCUT2D eigenvalue weighted by Crippen LogP contribution is -1.93. The Hall–Kier alpha value is -0.260. The van der Waals surface area contributed by atoms with Crippen LogP contribution >= 0.6 is 0 Å². The molecule has 0 aromatic heterocycles. The summed E-state index contributed by atoms with van der Waals surface area (Å²) >= 11 is 0. The predicted octanol–water partition coefficient (Wildman–Crippen LogP) is 5.98. The average Bonchev–Trinajstić information content (AvgIpc) is 2.25. The molecule has 0 fully saturated rings. The maximum Gasteiger partial charge on any atom is -0.0325 e. The van der Waals surface area contributed by atoms with E-state index >= 15 is 0 Å². The van der Waals surface area contributed by atoms with Gasteiger partial charge in [0, 0.05) is 0 Å². The molecule has 0 radical (unpaired) electrons. The van der Waals surface area contributed by atoms with E-state index in [2.05, 4.69) is 39.8 Å². The first-order valence-corrected chi connectivity index (χ1v) is 7.35. The van der Waals surface area contributed by atoms with E-state index in [0.717, 1.165) is 11.8 Å². The molecule has 0 aromatic carbocycles. The van der Waals surface area contributed by atoms with Crippen LogP contribution in [0.25, 0.3) is 0 Å². The molecular weight excluding hydrogens is 192 g/mol. The SMILES string of the molecule is CCCCCC(C)CC=CCC(C)CCC. The number of unbranched alkanes of at least 4 members (excludes halogenated alkanes) is 2. The largest absolute Gasteiger partial charge is 0.0883 e. The summed E-state index contributed by atoms with van der Waals surface area (Å²) in [7, 11) is 0. The lowest BCUT2D eigenvalue weighted by atomic mass is 9.98. The smallest absolute Gasteiger partial charge is 0.0325 e. The van der Waals surface area contributed by atoms with Gasteiger partial charge in [-0.05, 0) is 24.7 Å². The first-order chi connectivity index (χ1) is 7.70. The highest BCUT2D eigenvalue weighted by Crippen LogP contribution is 2.15. The molecule has 0 aromatic rings. The van der Waals surface area contributed by atoms with E-state index in [9.17, 15) is 0 Å². The zero-order chi connectivity index (χ0) is 12.2. The Balaban J connectivity index is 3.43. The van der Waals surface area contributed by atoms with Crippen LogP contribution in [-0.4, -0.2) is 0 Å². The molecule has 0 heteroatoms. The number of hydrogen-bond acceptors (Lipinski definition) is 0. The van der Waals surface area contributed by atoms with Crippen LogP contribution in [0.5, 0.6) is 0 Å². The molecular formula is C16H32. The zero-order valence-corrected chi connectivity index (χ0v) is 12.0. The summed E-state index contributed by atoms with van der Waals surface area (Å²) in [4.78, 5) is 0. The van der Waals surface area contributed by atoms with E-state index in [1.807, 2.05) is 0 Å². The van der Waals surface area contributed by atoms with Gasteiger partial charge in [-0.25, -0.2) is 0 Å². The van der Waals surface area contributed by atoms with Crippen LogP contribution in [0.15, 0.2) is 12.2 Å². The standard InChI is InChI=1S/C16H32/c1-5-7-8-12-16(4)14-10-9-13-15(3)11-6-2/h9-10,15-16H,5-8,11-14H2,1-4H3. The summed E-state index contributed by atoms with van der Waals surface area (Å²) in [6, 6.07) is 0. The minimum absolute atomic E-state index is 0.872. The van der Waals surface area contributed by atoms with Crippen LogP contribution in [0.2, 0.25) is 0 Å². The predicted molar refractivity (Wildman–Crippen MR) is 75.8 cm³/mol. The van der Waals surface area contributed by atoms with E-state index < -0.39 is 0 Å². The monoisotopic (exact) mass is 224 g/mol. The van der Waals surface area contributed by atoms with Crippen molar-refractivity contribution in [1.29, 1.82) is 0 Å². The summed E-state index contributed by atoms with van der Waals surface area (Å²) in [6.45, 7) is 9.30. The first-order valence-electron chi connectivity index (χ1n) is 7.35. The second-order valence-electron chi connectivity index (χ2n) is 5.44. The zero-order valence-electron chi connectivity index (χ0n) is 12.0. The molecule has 0 saturated heterocycles. The molecule has 0 spiro atoms. The summed E-state index contributed by atoms with van der Waals surface area (Å²) in [6.07, 6.45) is 15.6. The van der Waals surface area contributed by atoms with Crippen LogP contribution in [0, 0.1) is 11.8 Å². The summed E-state index contributed by atoms with van der Waals surface area (Å²) in [5.74, 6) is 1.75. The van der Waals surface area contributed by atoms with Crippen molar-refractivity contribution in [2.45, 2.75) is 79.1 Å². The lowest BCUT2D eigenvalue weighted by molar-refractivity contribution is 0.497. The van der Waals surface area contributed by atoms with Crippen molar-refractivity contribution >= 4 is 0 Å². The van der Waals surface area contributed by atoms with Gasteiger partial charge in [0.1, 0.15) is 0 Å².